The maximum absolute atomic E-state index is 12.0. The van der Waals surface area contributed by atoms with Crippen LogP contribution in [0.5, 0.6) is 0 Å². The summed E-state index contributed by atoms with van der Waals surface area (Å²) in [5, 5.41) is 4.04. The molecule has 6 heteroatoms. The Hall–Kier alpha value is -2.63. The highest BCUT2D eigenvalue weighted by molar-refractivity contribution is 6.06. The Labute approximate surface area is 116 Å². The van der Waals surface area contributed by atoms with E-state index >= 15 is 0 Å². The second-order valence-corrected chi connectivity index (χ2v) is 4.44. The van der Waals surface area contributed by atoms with Gasteiger partial charge in [-0.3, -0.25) is 4.79 Å². The van der Waals surface area contributed by atoms with E-state index < -0.39 is 5.97 Å². The van der Waals surface area contributed by atoms with E-state index in [1.54, 1.807) is 29.4 Å². The third-order valence-corrected chi connectivity index (χ3v) is 2.74. The first-order valence-corrected chi connectivity index (χ1v) is 5.97. The van der Waals surface area contributed by atoms with Gasteiger partial charge in [0.05, 0.1) is 18.8 Å². The zero-order valence-corrected chi connectivity index (χ0v) is 11.5. The van der Waals surface area contributed by atoms with Crippen LogP contribution in [0.1, 0.15) is 20.7 Å². The number of methoxy groups -OCH3 is 1. The Balaban J connectivity index is 2.42. The molecule has 0 aliphatic rings. The van der Waals surface area contributed by atoms with Crippen LogP contribution in [0.3, 0.4) is 0 Å². The summed E-state index contributed by atoms with van der Waals surface area (Å²) < 4.78 is 6.21. The molecular weight excluding hydrogens is 258 g/mol. The van der Waals surface area contributed by atoms with Crippen molar-refractivity contribution >= 4 is 17.3 Å². The van der Waals surface area contributed by atoms with Crippen LogP contribution in [0.2, 0.25) is 0 Å². The van der Waals surface area contributed by atoms with Gasteiger partial charge in [-0.05, 0) is 12.1 Å². The molecule has 20 heavy (non-hydrogen) atoms. The van der Waals surface area contributed by atoms with Gasteiger partial charge < -0.3 is 9.64 Å². The lowest BCUT2D eigenvalue weighted by Crippen LogP contribution is -2.04. The molecule has 2 aromatic heterocycles. The van der Waals surface area contributed by atoms with Gasteiger partial charge in [-0.1, -0.05) is 0 Å². The van der Waals surface area contributed by atoms with Crippen LogP contribution >= 0.6 is 0 Å². The number of fused-ring (bicyclic) bond motifs is 1. The average Bonchev–Trinajstić information content (AvgIpc) is 2.86. The number of ether oxygens (including phenoxy) is 1. The standard InChI is InChI=1S/C14H15N3O3/c1-16(2)6-5-13(18)10-4-7-17-12(8-10)11(9-15-17)14(19)20-3/h4-9H,1-3H3. The van der Waals surface area contributed by atoms with Crippen LogP contribution in [0.25, 0.3) is 5.52 Å². The first-order valence-electron chi connectivity index (χ1n) is 5.97. The molecule has 104 valence electrons. The van der Waals surface area contributed by atoms with E-state index in [1.807, 2.05) is 14.1 Å². The predicted molar refractivity (Wildman–Crippen MR) is 73.7 cm³/mol. The summed E-state index contributed by atoms with van der Waals surface area (Å²) in [6.45, 7) is 0. The highest BCUT2D eigenvalue weighted by atomic mass is 16.5. The van der Waals surface area contributed by atoms with Crippen molar-refractivity contribution in [2.24, 2.45) is 0 Å². The van der Waals surface area contributed by atoms with Crippen molar-refractivity contribution in [2.75, 3.05) is 21.2 Å². The lowest BCUT2D eigenvalue weighted by Gasteiger charge is -2.03. The van der Waals surface area contributed by atoms with Crippen molar-refractivity contribution in [2.45, 2.75) is 0 Å². The summed E-state index contributed by atoms with van der Waals surface area (Å²) in [4.78, 5) is 25.4. The average molecular weight is 273 g/mol. The van der Waals surface area contributed by atoms with Crippen molar-refractivity contribution in [3.63, 3.8) is 0 Å². The van der Waals surface area contributed by atoms with Crippen LogP contribution < -0.4 is 0 Å². The summed E-state index contributed by atoms with van der Waals surface area (Å²) in [7, 11) is 4.97. The molecule has 2 aromatic rings. The molecule has 0 atom stereocenters. The third kappa shape index (κ3) is 2.69. The molecule has 0 aromatic carbocycles. The van der Waals surface area contributed by atoms with E-state index in [0.29, 0.717) is 16.6 Å². The van der Waals surface area contributed by atoms with Gasteiger partial charge in [-0.25, -0.2) is 9.31 Å². The van der Waals surface area contributed by atoms with Gasteiger partial charge in [0, 0.05) is 38.1 Å². The molecule has 0 saturated heterocycles. The number of allylic oxidation sites excluding steroid dienone is 1. The monoisotopic (exact) mass is 273 g/mol. The van der Waals surface area contributed by atoms with Gasteiger partial charge in [0.15, 0.2) is 5.78 Å². The second kappa shape index (κ2) is 5.56. The fourth-order valence-corrected chi connectivity index (χ4v) is 1.71. The smallest absolute Gasteiger partial charge is 0.341 e. The van der Waals surface area contributed by atoms with E-state index in [4.69, 9.17) is 0 Å². The molecule has 6 nitrogen and oxygen atoms in total. The number of nitrogens with zero attached hydrogens (tertiary/aromatic N) is 3. The molecule has 0 bridgehead atoms. The van der Waals surface area contributed by atoms with Crippen LogP contribution in [0, 0.1) is 0 Å². The molecule has 0 N–H and O–H groups in total. The summed E-state index contributed by atoms with van der Waals surface area (Å²) in [6, 6.07) is 3.28. The van der Waals surface area contributed by atoms with Gasteiger partial charge in [0.1, 0.15) is 5.56 Å². The fourth-order valence-electron chi connectivity index (χ4n) is 1.71. The van der Waals surface area contributed by atoms with Crippen LogP contribution in [0.15, 0.2) is 36.8 Å². The van der Waals surface area contributed by atoms with Gasteiger partial charge in [-0.15, -0.1) is 0 Å². The summed E-state index contributed by atoms with van der Waals surface area (Å²) in [6.07, 6.45) is 6.20. The van der Waals surface area contributed by atoms with Crippen molar-refractivity contribution in [1.82, 2.24) is 14.5 Å². The van der Waals surface area contributed by atoms with Crippen LogP contribution in [-0.4, -0.2) is 47.5 Å². The number of hydrogen-bond acceptors (Lipinski definition) is 5. The third-order valence-electron chi connectivity index (χ3n) is 2.74. The van der Waals surface area contributed by atoms with Gasteiger partial charge in [0.2, 0.25) is 0 Å². The lowest BCUT2D eigenvalue weighted by molar-refractivity contribution is 0.0602. The number of hydrogen-bond donors (Lipinski definition) is 0. The van der Waals surface area contributed by atoms with Crippen molar-refractivity contribution < 1.29 is 14.3 Å². The molecule has 0 radical (unpaired) electrons. The molecule has 0 aliphatic carbocycles. The van der Waals surface area contributed by atoms with Crippen molar-refractivity contribution in [3.05, 3.63) is 47.9 Å². The summed E-state index contributed by atoms with van der Waals surface area (Å²) in [5.41, 5.74) is 1.36. The minimum Gasteiger partial charge on any atom is -0.465 e. The number of carbonyl (C=O) groups excluding carboxylic acids is 2. The Morgan fingerprint density at radius 2 is 2.15 bits per heavy atom. The summed E-state index contributed by atoms with van der Waals surface area (Å²) in [5.74, 6) is -0.619. The fraction of sp³-hybridized carbons (Fsp3) is 0.214. The Morgan fingerprint density at radius 1 is 1.40 bits per heavy atom. The molecule has 2 heterocycles. The van der Waals surface area contributed by atoms with Gasteiger partial charge >= 0.3 is 5.97 Å². The van der Waals surface area contributed by atoms with Crippen molar-refractivity contribution in [1.29, 1.82) is 0 Å². The lowest BCUT2D eigenvalue weighted by atomic mass is 10.1. The van der Waals surface area contributed by atoms with E-state index in [-0.39, 0.29) is 5.78 Å². The van der Waals surface area contributed by atoms with Crippen molar-refractivity contribution in [3.8, 4) is 0 Å². The number of esters is 1. The SMILES string of the molecule is COC(=O)c1cnn2ccc(C(=O)C=CN(C)C)cc12. The van der Waals surface area contributed by atoms with E-state index in [9.17, 15) is 9.59 Å². The molecule has 0 spiro atoms. The summed E-state index contributed by atoms with van der Waals surface area (Å²) >= 11 is 0. The normalized spacial score (nSPS) is 10.9. The zero-order chi connectivity index (χ0) is 14.7. The number of carbonyl (C=O) groups is 2. The Bertz CT molecular complexity index is 686. The molecule has 0 fully saturated rings. The molecular formula is C14H15N3O3. The second-order valence-electron chi connectivity index (χ2n) is 4.44. The minimum atomic E-state index is -0.478. The maximum atomic E-state index is 12.0. The first-order chi connectivity index (χ1) is 9.52. The molecule has 0 aliphatic heterocycles. The van der Waals surface area contributed by atoms with E-state index in [1.165, 1.54) is 23.9 Å². The number of ketones is 1. The first kappa shape index (κ1) is 13.8. The topological polar surface area (TPSA) is 63.9 Å². The maximum Gasteiger partial charge on any atom is 0.341 e. The van der Waals surface area contributed by atoms with Gasteiger partial charge in [0.25, 0.3) is 0 Å². The zero-order valence-electron chi connectivity index (χ0n) is 11.5. The number of pyridine rings is 1. The highest BCUT2D eigenvalue weighted by Crippen LogP contribution is 2.14. The van der Waals surface area contributed by atoms with E-state index in [2.05, 4.69) is 9.84 Å². The molecule has 0 unspecified atom stereocenters. The highest BCUT2D eigenvalue weighted by Gasteiger charge is 2.14. The number of rotatable bonds is 4. The minimum absolute atomic E-state index is 0.141. The van der Waals surface area contributed by atoms with Gasteiger partial charge in [-0.2, -0.15) is 5.10 Å². The molecule has 0 saturated carbocycles. The van der Waals surface area contributed by atoms with E-state index in [0.717, 1.165) is 0 Å². The Morgan fingerprint density at radius 3 is 2.80 bits per heavy atom. The quantitative estimate of drug-likeness (QED) is 0.478. The van der Waals surface area contributed by atoms with Crippen LogP contribution in [-0.2, 0) is 4.74 Å². The molecule has 2 rings (SSSR count). The predicted octanol–water partition coefficient (Wildman–Crippen LogP) is 1.38. The largest absolute Gasteiger partial charge is 0.465 e. The van der Waals surface area contributed by atoms with Crippen LogP contribution in [0.4, 0.5) is 0 Å². The number of aromatic nitrogens is 2. The molecule has 0 amide bonds. The Kier molecular flexibility index (Phi) is 3.84.